The minimum absolute atomic E-state index is 0.160. The molecular formula is C11H17N3O2S. The molecule has 0 radical (unpaired) electrons. The number of aromatic amines is 1. The zero-order chi connectivity index (χ0) is 12.3. The highest BCUT2D eigenvalue weighted by atomic mass is 32.2. The number of aromatic nitrogens is 2. The van der Waals surface area contributed by atoms with Crippen LogP contribution in [0.3, 0.4) is 0 Å². The summed E-state index contributed by atoms with van der Waals surface area (Å²) in [5.41, 5.74) is 5.22. The third-order valence-corrected chi connectivity index (χ3v) is 4.36. The number of hydrogen-bond acceptors (Lipinski definition) is 4. The molecule has 0 aliphatic carbocycles. The third-order valence-electron chi connectivity index (χ3n) is 2.98. The highest BCUT2D eigenvalue weighted by Gasteiger charge is 2.15. The smallest absolute Gasteiger partial charge is 0.326 e. The highest BCUT2D eigenvalue weighted by molar-refractivity contribution is 7.99. The van der Waals surface area contributed by atoms with Crippen molar-refractivity contribution in [2.24, 2.45) is 5.73 Å². The van der Waals surface area contributed by atoms with Gasteiger partial charge in [0.1, 0.15) is 0 Å². The first kappa shape index (κ1) is 12.4. The van der Waals surface area contributed by atoms with Gasteiger partial charge in [-0.25, -0.2) is 4.79 Å². The Morgan fingerprint density at radius 3 is 2.94 bits per heavy atom. The van der Waals surface area contributed by atoms with Crippen LogP contribution in [0.1, 0.15) is 24.8 Å². The second kappa shape index (κ2) is 5.55. The normalized spacial score (nSPS) is 20.4. The Morgan fingerprint density at radius 1 is 1.47 bits per heavy atom. The zero-order valence-corrected chi connectivity index (χ0v) is 10.5. The van der Waals surface area contributed by atoms with Gasteiger partial charge in [-0.1, -0.05) is 6.42 Å². The van der Waals surface area contributed by atoms with Crippen LogP contribution in [0, 0.1) is 0 Å². The summed E-state index contributed by atoms with van der Waals surface area (Å²) in [7, 11) is 0. The predicted molar refractivity (Wildman–Crippen MR) is 69.3 cm³/mol. The Kier molecular flexibility index (Phi) is 4.06. The van der Waals surface area contributed by atoms with Gasteiger partial charge in [0.25, 0.3) is 5.56 Å². The summed E-state index contributed by atoms with van der Waals surface area (Å²) in [5.74, 6) is 1.16. The van der Waals surface area contributed by atoms with Gasteiger partial charge >= 0.3 is 5.69 Å². The van der Waals surface area contributed by atoms with Crippen LogP contribution in [0.4, 0.5) is 0 Å². The molecule has 2 rings (SSSR count). The van der Waals surface area contributed by atoms with E-state index in [2.05, 4.69) is 4.98 Å². The van der Waals surface area contributed by atoms with Gasteiger partial charge in [-0.3, -0.25) is 14.3 Å². The van der Waals surface area contributed by atoms with E-state index in [0.29, 0.717) is 17.4 Å². The van der Waals surface area contributed by atoms with E-state index in [9.17, 15) is 9.59 Å². The summed E-state index contributed by atoms with van der Waals surface area (Å²) < 4.78 is 1.58. The topological polar surface area (TPSA) is 80.9 Å². The molecule has 1 aliphatic rings. The summed E-state index contributed by atoms with van der Waals surface area (Å²) in [4.78, 5) is 25.3. The van der Waals surface area contributed by atoms with E-state index >= 15 is 0 Å². The molecule has 2 heterocycles. The molecule has 1 unspecified atom stereocenters. The monoisotopic (exact) mass is 255 g/mol. The summed E-state index contributed by atoms with van der Waals surface area (Å²) >= 11 is 1.90. The number of rotatable bonds is 3. The number of H-pyrrole nitrogens is 1. The lowest BCUT2D eigenvalue weighted by molar-refractivity contribution is 0.559. The fourth-order valence-corrected chi connectivity index (χ4v) is 3.31. The van der Waals surface area contributed by atoms with E-state index in [4.69, 9.17) is 5.73 Å². The Labute approximate surface area is 103 Å². The first-order valence-electron chi connectivity index (χ1n) is 5.85. The van der Waals surface area contributed by atoms with Crippen molar-refractivity contribution < 1.29 is 0 Å². The van der Waals surface area contributed by atoms with Crippen LogP contribution >= 0.6 is 11.8 Å². The lowest BCUT2D eigenvalue weighted by atomic mass is 10.2. The Hall–Kier alpha value is -1.01. The molecule has 1 aromatic rings. The molecule has 17 heavy (non-hydrogen) atoms. The average molecular weight is 255 g/mol. The standard InChI is InChI=1S/C11H17N3O2S/c12-5-8-6-14(11(16)13-10(8)15)7-9-3-1-2-4-17-9/h6,9H,1-5,7,12H2,(H,13,15,16). The van der Waals surface area contributed by atoms with Crippen LogP contribution in [0.15, 0.2) is 15.8 Å². The Balaban J connectivity index is 2.19. The number of nitrogens with zero attached hydrogens (tertiary/aromatic N) is 1. The number of nitrogens with one attached hydrogen (secondary N) is 1. The molecule has 1 saturated heterocycles. The van der Waals surface area contributed by atoms with E-state index < -0.39 is 0 Å². The first-order valence-corrected chi connectivity index (χ1v) is 6.90. The number of nitrogens with two attached hydrogens (primary N) is 1. The van der Waals surface area contributed by atoms with Crippen LogP contribution in [-0.4, -0.2) is 20.6 Å². The summed E-state index contributed by atoms with van der Waals surface area (Å²) in [6.07, 6.45) is 5.21. The third kappa shape index (κ3) is 3.01. The van der Waals surface area contributed by atoms with Gasteiger partial charge in [0, 0.05) is 30.1 Å². The molecule has 1 fully saturated rings. The van der Waals surface area contributed by atoms with E-state index in [-0.39, 0.29) is 17.8 Å². The van der Waals surface area contributed by atoms with Gasteiger partial charge in [-0.2, -0.15) is 11.8 Å². The molecule has 94 valence electrons. The lowest BCUT2D eigenvalue weighted by Gasteiger charge is -2.21. The average Bonchev–Trinajstić information content (AvgIpc) is 2.34. The van der Waals surface area contributed by atoms with Crippen LogP contribution in [0.2, 0.25) is 0 Å². The first-order chi connectivity index (χ1) is 8.20. The van der Waals surface area contributed by atoms with Gasteiger partial charge in [0.2, 0.25) is 0 Å². The molecule has 1 aliphatic heterocycles. The van der Waals surface area contributed by atoms with Gasteiger partial charge in [-0.05, 0) is 18.6 Å². The SMILES string of the molecule is NCc1cn(CC2CCCCS2)c(=O)[nH]c1=O. The van der Waals surface area contributed by atoms with Crippen molar-refractivity contribution in [3.05, 3.63) is 32.6 Å². The van der Waals surface area contributed by atoms with Crippen LogP contribution in [-0.2, 0) is 13.1 Å². The van der Waals surface area contributed by atoms with Gasteiger partial charge in [0.05, 0.1) is 0 Å². The van der Waals surface area contributed by atoms with Crippen molar-refractivity contribution in [3.8, 4) is 0 Å². The molecular weight excluding hydrogens is 238 g/mol. The number of hydrogen-bond donors (Lipinski definition) is 2. The van der Waals surface area contributed by atoms with Crippen LogP contribution < -0.4 is 17.0 Å². The summed E-state index contributed by atoms with van der Waals surface area (Å²) in [6.45, 7) is 0.820. The molecule has 0 amide bonds. The van der Waals surface area contributed by atoms with Crippen molar-refractivity contribution >= 4 is 11.8 Å². The molecule has 6 heteroatoms. The maximum Gasteiger partial charge on any atom is 0.328 e. The number of thioether (sulfide) groups is 1. The van der Waals surface area contributed by atoms with Gasteiger partial charge in [0.15, 0.2) is 0 Å². The molecule has 0 bridgehead atoms. The predicted octanol–water partition coefficient (Wildman–Crippen LogP) is 0.281. The zero-order valence-electron chi connectivity index (χ0n) is 9.65. The minimum atomic E-state index is -0.370. The largest absolute Gasteiger partial charge is 0.328 e. The lowest BCUT2D eigenvalue weighted by Crippen LogP contribution is -2.35. The molecule has 0 spiro atoms. The van der Waals surface area contributed by atoms with Crippen LogP contribution in [0.25, 0.3) is 0 Å². The maximum atomic E-state index is 11.6. The van der Waals surface area contributed by atoms with Crippen LogP contribution in [0.5, 0.6) is 0 Å². The van der Waals surface area contributed by atoms with E-state index in [1.807, 2.05) is 11.8 Å². The molecule has 0 aromatic carbocycles. The highest BCUT2D eigenvalue weighted by Crippen LogP contribution is 2.25. The quantitative estimate of drug-likeness (QED) is 0.813. The fourth-order valence-electron chi connectivity index (χ4n) is 2.01. The Morgan fingerprint density at radius 2 is 2.29 bits per heavy atom. The molecule has 3 N–H and O–H groups in total. The Bertz CT molecular complexity index is 488. The maximum absolute atomic E-state index is 11.6. The minimum Gasteiger partial charge on any atom is -0.326 e. The molecule has 1 aromatic heterocycles. The van der Waals surface area contributed by atoms with Crippen molar-refractivity contribution in [2.75, 3.05) is 5.75 Å². The second-order valence-electron chi connectivity index (χ2n) is 4.26. The van der Waals surface area contributed by atoms with Gasteiger partial charge in [-0.15, -0.1) is 0 Å². The van der Waals surface area contributed by atoms with E-state index in [0.717, 1.165) is 12.2 Å². The molecule has 5 nitrogen and oxygen atoms in total. The molecule has 1 atom stereocenters. The summed E-state index contributed by atoms with van der Waals surface area (Å²) in [6, 6.07) is 0. The van der Waals surface area contributed by atoms with Crippen molar-refractivity contribution in [2.45, 2.75) is 37.6 Å². The van der Waals surface area contributed by atoms with Crippen molar-refractivity contribution in [3.63, 3.8) is 0 Å². The second-order valence-corrected chi connectivity index (χ2v) is 5.67. The van der Waals surface area contributed by atoms with Crippen molar-refractivity contribution in [1.82, 2.24) is 9.55 Å². The van der Waals surface area contributed by atoms with Gasteiger partial charge < -0.3 is 5.73 Å². The van der Waals surface area contributed by atoms with E-state index in [1.165, 1.54) is 12.8 Å². The molecule has 0 saturated carbocycles. The van der Waals surface area contributed by atoms with E-state index in [1.54, 1.807) is 10.8 Å². The fraction of sp³-hybridized carbons (Fsp3) is 0.636. The summed E-state index contributed by atoms with van der Waals surface area (Å²) in [5, 5.41) is 0.470. The van der Waals surface area contributed by atoms with Crippen molar-refractivity contribution in [1.29, 1.82) is 0 Å².